The molecule has 7 nitrogen and oxygen atoms in total. The van der Waals surface area contributed by atoms with Crippen LogP contribution in [0.2, 0.25) is 0 Å². The van der Waals surface area contributed by atoms with Crippen LogP contribution < -0.4 is 5.73 Å². The van der Waals surface area contributed by atoms with Crippen molar-refractivity contribution in [2.45, 2.75) is 44.9 Å². The fraction of sp³-hybridized carbons (Fsp3) is 0.310. The Morgan fingerprint density at radius 1 is 1.05 bits per heavy atom. The number of aryl methyl sites for hydroxylation is 2. The number of nitrogen functional groups attached to an aromatic ring is 1. The minimum absolute atomic E-state index is 0.0344. The van der Waals surface area contributed by atoms with Gasteiger partial charge in [0.2, 0.25) is 0 Å². The number of pyridine rings is 1. The molecule has 0 spiro atoms. The van der Waals surface area contributed by atoms with E-state index in [2.05, 4.69) is 9.97 Å². The zero-order chi connectivity index (χ0) is 25.7. The Labute approximate surface area is 214 Å². The molecule has 1 aliphatic rings. The van der Waals surface area contributed by atoms with Gasteiger partial charge < -0.3 is 10.3 Å². The highest BCUT2D eigenvalue weighted by Crippen LogP contribution is 2.40. The van der Waals surface area contributed by atoms with Gasteiger partial charge in [0.25, 0.3) is 0 Å². The first-order chi connectivity index (χ1) is 17.9. The molecule has 8 heteroatoms. The van der Waals surface area contributed by atoms with Gasteiger partial charge in [-0.25, -0.2) is 14.4 Å². The first kappa shape index (κ1) is 23.3. The van der Waals surface area contributed by atoms with Crippen molar-refractivity contribution in [2.24, 2.45) is 13.0 Å². The molecule has 0 amide bonds. The van der Waals surface area contributed by atoms with Crippen molar-refractivity contribution in [1.82, 2.24) is 23.9 Å². The molecule has 0 unspecified atom stereocenters. The maximum absolute atomic E-state index is 15.7. The summed E-state index contributed by atoms with van der Waals surface area (Å²) in [6.07, 6.45) is 10.8. The predicted octanol–water partition coefficient (Wildman–Crippen LogP) is 5.40. The average molecular weight is 497 g/mol. The number of carbonyl (C=O) groups excluding carboxylic acids is 1. The molecule has 0 saturated heterocycles. The monoisotopic (exact) mass is 496 g/mol. The summed E-state index contributed by atoms with van der Waals surface area (Å²) in [6, 6.07) is 9.50. The van der Waals surface area contributed by atoms with Crippen molar-refractivity contribution in [2.75, 3.05) is 5.73 Å². The van der Waals surface area contributed by atoms with Gasteiger partial charge in [0.1, 0.15) is 28.6 Å². The fourth-order valence-corrected chi connectivity index (χ4v) is 5.71. The van der Waals surface area contributed by atoms with Crippen molar-refractivity contribution >= 4 is 28.0 Å². The molecule has 1 fully saturated rings. The van der Waals surface area contributed by atoms with Gasteiger partial charge >= 0.3 is 0 Å². The second-order valence-corrected chi connectivity index (χ2v) is 10.1. The lowest BCUT2D eigenvalue weighted by atomic mass is 9.78. The summed E-state index contributed by atoms with van der Waals surface area (Å²) in [5.41, 5.74) is 10.3. The van der Waals surface area contributed by atoms with Crippen LogP contribution in [0.3, 0.4) is 0 Å². The number of halogens is 1. The number of benzene rings is 1. The second kappa shape index (κ2) is 9.10. The van der Waals surface area contributed by atoms with E-state index in [1.54, 1.807) is 23.0 Å². The molecule has 0 radical (unpaired) electrons. The Hall–Kier alpha value is -4.07. The van der Waals surface area contributed by atoms with Crippen molar-refractivity contribution < 1.29 is 9.18 Å². The zero-order valence-electron chi connectivity index (χ0n) is 21.0. The molecule has 188 valence electrons. The van der Waals surface area contributed by atoms with Crippen molar-refractivity contribution in [1.29, 1.82) is 0 Å². The quantitative estimate of drug-likeness (QED) is 0.352. The van der Waals surface area contributed by atoms with E-state index in [1.165, 1.54) is 0 Å². The maximum atomic E-state index is 15.7. The Bertz CT molecular complexity index is 1630. The number of rotatable bonds is 5. The third-order valence-electron chi connectivity index (χ3n) is 7.74. The lowest BCUT2D eigenvalue weighted by molar-refractivity contribution is -0.123. The molecule has 0 bridgehead atoms. The van der Waals surface area contributed by atoms with Gasteiger partial charge in [-0.2, -0.15) is 0 Å². The van der Waals surface area contributed by atoms with Gasteiger partial charge in [-0.1, -0.05) is 12.1 Å². The summed E-state index contributed by atoms with van der Waals surface area (Å²) >= 11 is 0. The molecule has 1 aromatic carbocycles. The number of nitrogens with zero attached hydrogens (tertiary/aromatic N) is 5. The van der Waals surface area contributed by atoms with Crippen molar-refractivity contribution in [3.8, 4) is 11.3 Å². The summed E-state index contributed by atoms with van der Waals surface area (Å²) in [5, 5.41) is 0.836. The first-order valence-corrected chi connectivity index (χ1v) is 12.7. The van der Waals surface area contributed by atoms with Crippen LogP contribution in [0.5, 0.6) is 0 Å². The first-order valence-electron chi connectivity index (χ1n) is 12.7. The lowest BCUT2D eigenvalue weighted by Crippen LogP contribution is -2.23. The van der Waals surface area contributed by atoms with E-state index < -0.39 is 0 Å². The number of ketones is 1. The smallest absolute Gasteiger partial charge is 0.156 e. The Morgan fingerprint density at radius 2 is 1.86 bits per heavy atom. The standard InChI is InChI=1S/C29H29FN6O/c1-17-3-4-18(16-33-17)15-23(37)19-5-7-21(8-6-19)29-34-25(27-28(31)32-12-14-36(27)29)22-10-9-20-11-13-35(2)26(20)24(22)30/h3-4,9-14,16,19,21H,5-8,15H2,1-2H3,(H2,31,32). The molecule has 1 saturated carbocycles. The van der Waals surface area contributed by atoms with Gasteiger partial charge in [-0.15, -0.1) is 0 Å². The molecular formula is C29H29FN6O. The van der Waals surface area contributed by atoms with Crippen LogP contribution in [0.15, 0.2) is 55.1 Å². The molecule has 4 heterocycles. The lowest BCUT2D eigenvalue weighted by Gasteiger charge is -2.27. The van der Waals surface area contributed by atoms with Gasteiger partial charge in [-0.05, 0) is 56.4 Å². The Morgan fingerprint density at radius 3 is 2.62 bits per heavy atom. The van der Waals surface area contributed by atoms with Gasteiger partial charge in [-0.3, -0.25) is 14.2 Å². The van der Waals surface area contributed by atoms with Crippen LogP contribution in [-0.4, -0.2) is 29.7 Å². The van der Waals surface area contributed by atoms with E-state index in [1.807, 2.05) is 55.0 Å². The molecule has 2 N–H and O–H groups in total. The van der Waals surface area contributed by atoms with Gasteiger partial charge in [0.15, 0.2) is 5.82 Å². The van der Waals surface area contributed by atoms with Crippen LogP contribution in [-0.2, 0) is 18.3 Å². The second-order valence-electron chi connectivity index (χ2n) is 10.1. The number of Topliss-reactive ketones (excluding diaryl/α,β-unsaturated/α-hetero) is 1. The van der Waals surface area contributed by atoms with Crippen LogP contribution in [0.25, 0.3) is 27.7 Å². The van der Waals surface area contributed by atoms with Gasteiger partial charge in [0, 0.05) is 66.7 Å². The number of hydrogen-bond donors (Lipinski definition) is 1. The number of fused-ring (bicyclic) bond motifs is 2. The Balaban J connectivity index is 1.29. The summed E-state index contributed by atoms with van der Waals surface area (Å²) in [5.74, 6) is 1.29. The van der Waals surface area contributed by atoms with Gasteiger partial charge in [0.05, 0.1) is 5.52 Å². The van der Waals surface area contributed by atoms with Crippen LogP contribution in [0.4, 0.5) is 10.2 Å². The Kier molecular flexibility index (Phi) is 5.74. The predicted molar refractivity (Wildman–Crippen MR) is 142 cm³/mol. The van der Waals surface area contributed by atoms with Crippen LogP contribution >= 0.6 is 0 Å². The number of hydrogen-bond acceptors (Lipinski definition) is 5. The SMILES string of the molecule is Cc1ccc(CC(=O)C2CCC(c3nc(-c4ccc5ccn(C)c5c4F)c4c(N)nccn34)CC2)cn1. The molecule has 0 aliphatic heterocycles. The van der Waals surface area contributed by atoms with E-state index in [-0.39, 0.29) is 23.4 Å². The van der Waals surface area contributed by atoms with E-state index in [0.717, 1.165) is 48.2 Å². The van der Waals surface area contributed by atoms with Crippen LogP contribution in [0, 0.1) is 18.7 Å². The molecule has 5 aromatic rings. The van der Waals surface area contributed by atoms with E-state index in [0.29, 0.717) is 34.5 Å². The molecule has 0 atom stereocenters. The molecule has 1 aliphatic carbocycles. The largest absolute Gasteiger partial charge is 0.382 e. The number of anilines is 1. The number of imidazole rings is 1. The number of aromatic nitrogens is 5. The minimum Gasteiger partial charge on any atom is -0.382 e. The molecular weight excluding hydrogens is 467 g/mol. The molecule has 37 heavy (non-hydrogen) atoms. The normalized spacial score (nSPS) is 18.0. The number of carbonyl (C=O) groups is 1. The van der Waals surface area contributed by atoms with E-state index >= 15 is 4.39 Å². The van der Waals surface area contributed by atoms with E-state index in [4.69, 9.17) is 10.7 Å². The highest BCUT2D eigenvalue weighted by molar-refractivity contribution is 5.91. The van der Waals surface area contributed by atoms with Crippen molar-refractivity contribution in [3.05, 3.63) is 78.0 Å². The molecule has 4 aromatic heterocycles. The zero-order valence-corrected chi connectivity index (χ0v) is 21.0. The summed E-state index contributed by atoms with van der Waals surface area (Å²) in [7, 11) is 1.83. The topological polar surface area (TPSA) is 91.1 Å². The summed E-state index contributed by atoms with van der Waals surface area (Å²) in [4.78, 5) is 26.5. The maximum Gasteiger partial charge on any atom is 0.156 e. The number of nitrogens with two attached hydrogens (primary N) is 1. The fourth-order valence-electron chi connectivity index (χ4n) is 5.71. The van der Waals surface area contributed by atoms with E-state index in [9.17, 15) is 4.79 Å². The summed E-state index contributed by atoms with van der Waals surface area (Å²) < 4.78 is 19.5. The highest BCUT2D eigenvalue weighted by Gasteiger charge is 2.31. The highest BCUT2D eigenvalue weighted by atomic mass is 19.1. The third kappa shape index (κ3) is 4.06. The minimum atomic E-state index is -0.320. The van der Waals surface area contributed by atoms with Crippen molar-refractivity contribution in [3.63, 3.8) is 0 Å². The summed E-state index contributed by atoms with van der Waals surface area (Å²) in [6.45, 7) is 1.94. The van der Waals surface area contributed by atoms with Crippen LogP contribution in [0.1, 0.15) is 48.7 Å². The molecule has 6 rings (SSSR count). The average Bonchev–Trinajstić information content (AvgIpc) is 3.48. The third-order valence-corrected chi connectivity index (χ3v) is 7.74.